The molecule has 86 valence electrons. The second-order valence-electron chi connectivity index (χ2n) is 4.43. The average molecular weight is 218 g/mol. The van der Waals surface area contributed by atoms with Gasteiger partial charge in [0.25, 0.3) is 0 Å². The molecule has 1 aliphatic carbocycles. The van der Waals surface area contributed by atoms with E-state index in [2.05, 4.69) is 11.4 Å². The molecule has 0 aliphatic heterocycles. The van der Waals surface area contributed by atoms with Crippen LogP contribution in [0.25, 0.3) is 0 Å². The minimum Gasteiger partial charge on any atom is -0.324 e. The first-order valence-corrected chi connectivity index (χ1v) is 5.85. The third kappa shape index (κ3) is 2.25. The van der Waals surface area contributed by atoms with Gasteiger partial charge in [-0.15, -0.1) is 0 Å². The van der Waals surface area contributed by atoms with Crippen molar-refractivity contribution in [2.75, 3.05) is 5.32 Å². The van der Waals surface area contributed by atoms with E-state index in [1.54, 1.807) is 6.92 Å². The van der Waals surface area contributed by atoms with Crippen molar-refractivity contribution in [3.8, 4) is 0 Å². The Balaban J connectivity index is 2.24. The first kappa shape index (κ1) is 11.1. The smallest absolute Gasteiger partial charge is 0.241 e. The summed E-state index contributed by atoms with van der Waals surface area (Å²) in [4.78, 5) is 11.6. The molecule has 1 atom stereocenters. The van der Waals surface area contributed by atoms with Gasteiger partial charge in [-0.25, -0.2) is 0 Å². The minimum atomic E-state index is -0.459. The summed E-state index contributed by atoms with van der Waals surface area (Å²) in [7, 11) is 0. The third-order valence-electron chi connectivity index (χ3n) is 3.07. The molecule has 3 nitrogen and oxygen atoms in total. The van der Waals surface area contributed by atoms with E-state index in [-0.39, 0.29) is 5.91 Å². The zero-order valence-electron chi connectivity index (χ0n) is 9.62. The number of aryl methyl sites for hydroxylation is 1. The van der Waals surface area contributed by atoms with E-state index in [4.69, 9.17) is 5.73 Å². The van der Waals surface area contributed by atoms with Crippen LogP contribution in [0, 0.1) is 0 Å². The van der Waals surface area contributed by atoms with Gasteiger partial charge < -0.3 is 11.1 Å². The highest BCUT2D eigenvalue weighted by Gasteiger charge is 2.15. The lowest BCUT2D eigenvalue weighted by atomic mass is 9.90. The van der Waals surface area contributed by atoms with Gasteiger partial charge in [0.15, 0.2) is 0 Å². The van der Waals surface area contributed by atoms with Crippen molar-refractivity contribution in [1.29, 1.82) is 0 Å². The summed E-state index contributed by atoms with van der Waals surface area (Å²) in [5.41, 5.74) is 9.16. The number of carbonyl (C=O) groups excluding carboxylic acids is 1. The molecule has 0 bridgehead atoms. The summed E-state index contributed by atoms with van der Waals surface area (Å²) in [6.07, 6.45) is 4.64. The van der Waals surface area contributed by atoms with Gasteiger partial charge in [0.1, 0.15) is 0 Å². The fourth-order valence-corrected chi connectivity index (χ4v) is 2.15. The third-order valence-corrected chi connectivity index (χ3v) is 3.07. The van der Waals surface area contributed by atoms with E-state index >= 15 is 0 Å². The fraction of sp³-hybridized carbons (Fsp3) is 0.462. The van der Waals surface area contributed by atoms with Crippen LogP contribution in [0.1, 0.15) is 30.9 Å². The molecule has 0 spiro atoms. The van der Waals surface area contributed by atoms with E-state index in [1.807, 2.05) is 12.1 Å². The van der Waals surface area contributed by atoms with Crippen molar-refractivity contribution in [1.82, 2.24) is 0 Å². The Morgan fingerprint density at radius 3 is 2.88 bits per heavy atom. The summed E-state index contributed by atoms with van der Waals surface area (Å²) in [6.45, 7) is 1.70. The number of carbonyl (C=O) groups is 1. The van der Waals surface area contributed by atoms with Crippen molar-refractivity contribution in [3.05, 3.63) is 29.3 Å². The topological polar surface area (TPSA) is 55.1 Å². The van der Waals surface area contributed by atoms with Gasteiger partial charge in [-0.1, -0.05) is 12.1 Å². The van der Waals surface area contributed by atoms with Crippen molar-refractivity contribution < 1.29 is 4.79 Å². The first-order chi connectivity index (χ1) is 7.68. The standard InChI is InChI=1S/C13H18N2O/c1-9(14)13(16)15-12-8-4-6-10-5-2-3-7-11(10)12/h4,6,8-9H,2-3,5,7,14H2,1H3,(H,15,16). The Morgan fingerprint density at radius 1 is 1.38 bits per heavy atom. The molecule has 0 radical (unpaired) electrons. The zero-order chi connectivity index (χ0) is 11.5. The lowest BCUT2D eigenvalue weighted by Gasteiger charge is -2.20. The Morgan fingerprint density at radius 2 is 2.12 bits per heavy atom. The molecule has 0 heterocycles. The predicted octanol–water partition coefficient (Wildman–Crippen LogP) is 1.85. The molecule has 0 fully saturated rings. The maximum Gasteiger partial charge on any atom is 0.241 e. The number of amides is 1. The van der Waals surface area contributed by atoms with Crippen LogP contribution < -0.4 is 11.1 Å². The van der Waals surface area contributed by atoms with Crippen molar-refractivity contribution in [2.45, 2.75) is 38.6 Å². The quantitative estimate of drug-likeness (QED) is 0.796. The SMILES string of the molecule is CC(N)C(=O)Nc1cccc2c1CCCC2. The Hall–Kier alpha value is -1.35. The van der Waals surface area contributed by atoms with Crippen LogP contribution in [0.5, 0.6) is 0 Å². The molecule has 1 aliphatic rings. The normalized spacial score (nSPS) is 16.4. The van der Waals surface area contributed by atoms with Crippen LogP contribution in [-0.4, -0.2) is 11.9 Å². The van der Waals surface area contributed by atoms with Gasteiger partial charge >= 0.3 is 0 Å². The van der Waals surface area contributed by atoms with E-state index in [0.29, 0.717) is 0 Å². The highest BCUT2D eigenvalue weighted by atomic mass is 16.2. The van der Waals surface area contributed by atoms with Gasteiger partial charge in [0.2, 0.25) is 5.91 Å². The molecule has 0 aromatic heterocycles. The molecule has 1 aromatic rings. The largest absolute Gasteiger partial charge is 0.324 e. The van der Waals surface area contributed by atoms with Crippen LogP contribution in [0.4, 0.5) is 5.69 Å². The van der Waals surface area contributed by atoms with Crippen LogP contribution >= 0.6 is 0 Å². The molecule has 0 saturated heterocycles. The van der Waals surface area contributed by atoms with Crippen LogP contribution in [-0.2, 0) is 17.6 Å². The number of nitrogens with one attached hydrogen (secondary N) is 1. The molecule has 1 unspecified atom stereocenters. The second-order valence-corrected chi connectivity index (χ2v) is 4.43. The monoisotopic (exact) mass is 218 g/mol. The van der Waals surface area contributed by atoms with Gasteiger partial charge in [-0.3, -0.25) is 4.79 Å². The molecule has 0 saturated carbocycles. The summed E-state index contributed by atoms with van der Waals surface area (Å²) in [5.74, 6) is -0.112. The lowest BCUT2D eigenvalue weighted by Crippen LogP contribution is -2.33. The summed E-state index contributed by atoms with van der Waals surface area (Å²) in [6, 6.07) is 5.65. The van der Waals surface area contributed by atoms with Crippen molar-refractivity contribution in [2.24, 2.45) is 5.73 Å². The predicted molar refractivity (Wildman–Crippen MR) is 65.4 cm³/mol. The Bertz CT molecular complexity index is 399. The van der Waals surface area contributed by atoms with Gasteiger partial charge in [-0.05, 0) is 49.8 Å². The summed E-state index contributed by atoms with van der Waals surface area (Å²) >= 11 is 0. The zero-order valence-corrected chi connectivity index (χ0v) is 9.62. The van der Waals surface area contributed by atoms with E-state index in [1.165, 1.54) is 24.0 Å². The Labute approximate surface area is 96.0 Å². The number of hydrogen-bond donors (Lipinski definition) is 2. The summed E-state index contributed by atoms with van der Waals surface area (Å²) in [5, 5.41) is 2.91. The number of anilines is 1. The highest BCUT2D eigenvalue weighted by Crippen LogP contribution is 2.27. The molecule has 1 aromatic carbocycles. The molecule has 3 heteroatoms. The van der Waals surface area contributed by atoms with E-state index < -0.39 is 6.04 Å². The van der Waals surface area contributed by atoms with Gasteiger partial charge in [0, 0.05) is 5.69 Å². The van der Waals surface area contributed by atoms with Gasteiger partial charge in [0.05, 0.1) is 6.04 Å². The minimum absolute atomic E-state index is 0.112. The number of fused-ring (bicyclic) bond motifs is 1. The first-order valence-electron chi connectivity index (χ1n) is 5.85. The van der Waals surface area contributed by atoms with Crippen molar-refractivity contribution in [3.63, 3.8) is 0 Å². The number of benzene rings is 1. The number of hydrogen-bond acceptors (Lipinski definition) is 2. The highest BCUT2D eigenvalue weighted by molar-refractivity contribution is 5.95. The molecule has 1 amide bonds. The van der Waals surface area contributed by atoms with Crippen molar-refractivity contribution >= 4 is 11.6 Å². The van der Waals surface area contributed by atoms with E-state index in [9.17, 15) is 4.79 Å². The molecule has 16 heavy (non-hydrogen) atoms. The number of nitrogens with two attached hydrogens (primary N) is 1. The second kappa shape index (κ2) is 4.66. The molecular weight excluding hydrogens is 200 g/mol. The van der Waals surface area contributed by atoms with E-state index in [0.717, 1.165) is 18.5 Å². The molecule has 2 rings (SSSR count). The van der Waals surface area contributed by atoms with Crippen LogP contribution in [0.3, 0.4) is 0 Å². The maximum absolute atomic E-state index is 11.6. The van der Waals surface area contributed by atoms with Gasteiger partial charge in [-0.2, -0.15) is 0 Å². The lowest BCUT2D eigenvalue weighted by molar-refractivity contribution is -0.117. The maximum atomic E-state index is 11.6. The summed E-state index contributed by atoms with van der Waals surface area (Å²) < 4.78 is 0. The average Bonchev–Trinajstić information content (AvgIpc) is 2.29. The Kier molecular flexibility index (Phi) is 3.25. The number of rotatable bonds is 2. The molecule has 3 N–H and O–H groups in total. The van der Waals surface area contributed by atoms with Crippen LogP contribution in [0.2, 0.25) is 0 Å². The molecular formula is C13H18N2O. The fourth-order valence-electron chi connectivity index (χ4n) is 2.15. The van der Waals surface area contributed by atoms with Crippen LogP contribution in [0.15, 0.2) is 18.2 Å².